The average Bonchev–Trinajstić information content (AvgIpc) is 2.52. The summed E-state index contributed by atoms with van der Waals surface area (Å²) in [4.78, 5) is 35.6. The zero-order valence-electron chi connectivity index (χ0n) is 14.0. The Kier molecular flexibility index (Phi) is 5.73. The summed E-state index contributed by atoms with van der Waals surface area (Å²) in [7, 11) is 0. The molecule has 1 heterocycles. The number of esters is 1. The van der Waals surface area contributed by atoms with E-state index >= 15 is 0 Å². The molecule has 0 aliphatic carbocycles. The predicted molar refractivity (Wildman–Crippen MR) is 90.2 cm³/mol. The Morgan fingerprint density at radius 3 is 2.67 bits per heavy atom. The number of nitrogens with one attached hydrogen (secondary N) is 1. The first-order chi connectivity index (χ1) is 11.4. The van der Waals surface area contributed by atoms with Crippen LogP contribution in [0.1, 0.15) is 44.0 Å². The first-order valence-corrected chi connectivity index (χ1v) is 7.97. The van der Waals surface area contributed by atoms with E-state index < -0.39 is 11.5 Å². The molecule has 128 valence electrons. The quantitative estimate of drug-likeness (QED) is 0.500. The summed E-state index contributed by atoms with van der Waals surface area (Å²) in [5.41, 5.74) is -0.498. The van der Waals surface area contributed by atoms with Gasteiger partial charge in [-0.05, 0) is 30.5 Å². The fourth-order valence-electron chi connectivity index (χ4n) is 2.09. The van der Waals surface area contributed by atoms with Crippen LogP contribution in [0, 0.1) is 5.92 Å². The molecule has 24 heavy (non-hydrogen) atoms. The minimum atomic E-state index is -0.721. The van der Waals surface area contributed by atoms with Gasteiger partial charge in [0, 0.05) is 24.4 Å². The highest BCUT2D eigenvalue weighted by Gasteiger charge is 2.14. The standard InChI is InChI=1S/C18H21NO5/c1-4-5-16(20)23-13-7-6-12-8-14(17(21)19-10-11(2)3)18(22)24-15(12)9-13/h6-9,11H,4-5,10H2,1-3H3,(H,19,21). The Balaban J connectivity index is 2.27. The zero-order chi connectivity index (χ0) is 17.7. The molecule has 0 aliphatic heterocycles. The van der Waals surface area contributed by atoms with Crippen molar-refractivity contribution in [3.8, 4) is 5.75 Å². The minimum absolute atomic E-state index is 0.0427. The molecule has 2 rings (SSSR count). The third-order valence-electron chi connectivity index (χ3n) is 3.31. The number of carbonyl (C=O) groups excluding carboxylic acids is 2. The fourth-order valence-corrected chi connectivity index (χ4v) is 2.09. The summed E-state index contributed by atoms with van der Waals surface area (Å²) < 4.78 is 10.4. The van der Waals surface area contributed by atoms with Crippen molar-refractivity contribution in [3.63, 3.8) is 0 Å². The second kappa shape index (κ2) is 7.77. The molecular weight excluding hydrogens is 310 g/mol. The van der Waals surface area contributed by atoms with Crippen molar-refractivity contribution in [1.82, 2.24) is 5.32 Å². The van der Waals surface area contributed by atoms with E-state index in [9.17, 15) is 14.4 Å². The van der Waals surface area contributed by atoms with Crippen LogP contribution in [-0.4, -0.2) is 18.4 Å². The summed E-state index contributed by atoms with van der Waals surface area (Å²) in [5, 5.41) is 3.27. The van der Waals surface area contributed by atoms with E-state index in [0.29, 0.717) is 30.5 Å². The van der Waals surface area contributed by atoms with Crippen LogP contribution in [0.3, 0.4) is 0 Å². The van der Waals surface area contributed by atoms with E-state index in [0.717, 1.165) is 0 Å². The van der Waals surface area contributed by atoms with Gasteiger partial charge in [-0.1, -0.05) is 20.8 Å². The lowest BCUT2D eigenvalue weighted by Crippen LogP contribution is -2.31. The van der Waals surface area contributed by atoms with Crippen LogP contribution in [0.4, 0.5) is 0 Å². The molecule has 1 N–H and O–H groups in total. The largest absolute Gasteiger partial charge is 0.426 e. The topological polar surface area (TPSA) is 85.6 Å². The third-order valence-corrected chi connectivity index (χ3v) is 3.31. The second-order valence-electron chi connectivity index (χ2n) is 5.98. The van der Waals surface area contributed by atoms with E-state index in [-0.39, 0.29) is 23.0 Å². The van der Waals surface area contributed by atoms with Gasteiger partial charge < -0.3 is 14.5 Å². The van der Waals surface area contributed by atoms with E-state index in [1.807, 2.05) is 20.8 Å². The summed E-state index contributed by atoms with van der Waals surface area (Å²) >= 11 is 0. The number of hydrogen-bond acceptors (Lipinski definition) is 5. The Morgan fingerprint density at radius 1 is 1.25 bits per heavy atom. The molecule has 1 aromatic heterocycles. The fraction of sp³-hybridized carbons (Fsp3) is 0.389. The van der Waals surface area contributed by atoms with E-state index in [1.54, 1.807) is 12.1 Å². The van der Waals surface area contributed by atoms with Crippen molar-refractivity contribution in [2.24, 2.45) is 5.92 Å². The van der Waals surface area contributed by atoms with Gasteiger partial charge in [-0.3, -0.25) is 9.59 Å². The minimum Gasteiger partial charge on any atom is -0.426 e. The molecule has 2 aromatic rings. The van der Waals surface area contributed by atoms with Crippen molar-refractivity contribution >= 4 is 22.8 Å². The molecule has 0 spiro atoms. The number of ether oxygens (including phenoxy) is 1. The number of rotatable bonds is 6. The predicted octanol–water partition coefficient (Wildman–Crippen LogP) is 2.88. The Morgan fingerprint density at radius 2 is 2.00 bits per heavy atom. The van der Waals surface area contributed by atoms with Gasteiger partial charge in [-0.15, -0.1) is 0 Å². The number of amides is 1. The molecule has 0 saturated heterocycles. The van der Waals surface area contributed by atoms with Crippen LogP contribution >= 0.6 is 0 Å². The monoisotopic (exact) mass is 331 g/mol. The molecule has 6 heteroatoms. The van der Waals surface area contributed by atoms with Gasteiger partial charge in [0.25, 0.3) is 5.91 Å². The van der Waals surface area contributed by atoms with Crippen molar-refractivity contribution in [1.29, 1.82) is 0 Å². The van der Waals surface area contributed by atoms with Crippen molar-refractivity contribution in [3.05, 3.63) is 40.2 Å². The maximum absolute atomic E-state index is 12.1. The third kappa shape index (κ3) is 4.44. The molecule has 1 amide bonds. The lowest BCUT2D eigenvalue weighted by Gasteiger charge is -2.08. The van der Waals surface area contributed by atoms with Gasteiger partial charge in [-0.2, -0.15) is 0 Å². The Hall–Kier alpha value is -2.63. The highest BCUT2D eigenvalue weighted by Crippen LogP contribution is 2.21. The molecule has 0 bridgehead atoms. The number of hydrogen-bond donors (Lipinski definition) is 1. The Labute approximate surface area is 139 Å². The van der Waals surface area contributed by atoms with E-state index in [2.05, 4.69) is 5.32 Å². The first-order valence-electron chi connectivity index (χ1n) is 7.97. The number of fused-ring (bicyclic) bond motifs is 1. The molecule has 0 radical (unpaired) electrons. The molecule has 1 aromatic carbocycles. The molecule has 0 atom stereocenters. The van der Waals surface area contributed by atoms with Gasteiger partial charge >= 0.3 is 11.6 Å². The zero-order valence-corrected chi connectivity index (χ0v) is 14.0. The number of carbonyl (C=O) groups is 2. The van der Waals surface area contributed by atoms with Crippen molar-refractivity contribution < 1.29 is 18.7 Å². The summed E-state index contributed by atoms with van der Waals surface area (Å²) in [6.07, 6.45) is 1.01. The lowest BCUT2D eigenvalue weighted by atomic mass is 10.1. The summed E-state index contributed by atoms with van der Waals surface area (Å²) in [5.74, 6) is -0.218. The second-order valence-corrected chi connectivity index (χ2v) is 5.98. The van der Waals surface area contributed by atoms with Gasteiger partial charge in [-0.25, -0.2) is 4.79 Å². The molecular formula is C18H21NO5. The highest BCUT2D eigenvalue weighted by atomic mass is 16.5. The van der Waals surface area contributed by atoms with Crippen LogP contribution in [0.2, 0.25) is 0 Å². The highest BCUT2D eigenvalue weighted by molar-refractivity contribution is 5.96. The Bertz CT molecular complexity index is 807. The van der Waals surface area contributed by atoms with Gasteiger partial charge in [0.15, 0.2) is 0 Å². The molecule has 0 aliphatic rings. The molecule has 0 unspecified atom stereocenters. The SMILES string of the molecule is CCCC(=O)Oc1ccc2cc(C(=O)NCC(C)C)c(=O)oc2c1. The van der Waals surface area contributed by atoms with Crippen LogP contribution < -0.4 is 15.7 Å². The van der Waals surface area contributed by atoms with Crippen LogP contribution in [0.5, 0.6) is 5.75 Å². The summed E-state index contributed by atoms with van der Waals surface area (Å²) in [6.45, 7) is 6.28. The van der Waals surface area contributed by atoms with Crippen LogP contribution in [0.15, 0.2) is 33.5 Å². The maximum atomic E-state index is 12.1. The number of benzene rings is 1. The van der Waals surface area contributed by atoms with Crippen molar-refractivity contribution in [2.75, 3.05) is 6.54 Å². The normalized spacial score (nSPS) is 10.8. The van der Waals surface area contributed by atoms with Crippen LogP contribution in [0.25, 0.3) is 11.0 Å². The molecule has 0 fully saturated rings. The van der Waals surface area contributed by atoms with Gasteiger partial charge in [0.2, 0.25) is 0 Å². The lowest BCUT2D eigenvalue weighted by molar-refractivity contribution is -0.134. The molecule has 6 nitrogen and oxygen atoms in total. The van der Waals surface area contributed by atoms with E-state index in [4.69, 9.17) is 9.15 Å². The summed E-state index contributed by atoms with van der Waals surface area (Å²) in [6, 6.07) is 6.20. The smallest absolute Gasteiger partial charge is 0.349 e. The van der Waals surface area contributed by atoms with E-state index in [1.165, 1.54) is 12.1 Å². The van der Waals surface area contributed by atoms with Gasteiger partial charge in [0.1, 0.15) is 16.9 Å². The molecule has 0 saturated carbocycles. The first kappa shape index (κ1) is 17.7. The van der Waals surface area contributed by atoms with Gasteiger partial charge in [0.05, 0.1) is 0 Å². The average molecular weight is 331 g/mol. The van der Waals surface area contributed by atoms with Crippen molar-refractivity contribution in [2.45, 2.75) is 33.6 Å². The van der Waals surface area contributed by atoms with Crippen LogP contribution in [-0.2, 0) is 4.79 Å². The maximum Gasteiger partial charge on any atom is 0.349 e.